The number of thiazole rings is 1. The summed E-state index contributed by atoms with van der Waals surface area (Å²) in [5, 5.41) is 8.81. The van der Waals surface area contributed by atoms with Crippen LogP contribution in [0.25, 0.3) is 10.9 Å². The smallest absolute Gasteiger partial charge is 0.0929 e. The molecule has 0 atom stereocenters. The summed E-state index contributed by atoms with van der Waals surface area (Å²) >= 11 is 7.44. The monoisotopic (exact) mass is 291 g/mol. The number of benzene rings is 1. The van der Waals surface area contributed by atoms with Crippen LogP contribution in [0.4, 0.5) is 0 Å². The van der Waals surface area contributed by atoms with E-state index in [0.717, 1.165) is 30.1 Å². The van der Waals surface area contributed by atoms with E-state index in [4.69, 9.17) is 11.6 Å². The van der Waals surface area contributed by atoms with Gasteiger partial charge in [-0.1, -0.05) is 18.2 Å². The molecule has 0 aliphatic heterocycles. The summed E-state index contributed by atoms with van der Waals surface area (Å²) in [4.78, 5) is 4.47. The highest BCUT2D eigenvalue weighted by Gasteiger charge is 2.04. The summed E-state index contributed by atoms with van der Waals surface area (Å²) in [7, 11) is 0. The molecule has 0 bridgehead atoms. The van der Waals surface area contributed by atoms with Crippen molar-refractivity contribution in [2.75, 3.05) is 0 Å². The van der Waals surface area contributed by atoms with Crippen molar-refractivity contribution >= 4 is 33.8 Å². The van der Waals surface area contributed by atoms with Crippen LogP contribution < -0.4 is 0 Å². The van der Waals surface area contributed by atoms with Crippen LogP contribution in [-0.4, -0.2) is 14.8 Å². The van der Waals surface area contributed by atoms with E-state index in [1.165, 1.54) is 10.9 Å². The molecule has 2 aromatic heterocycles. The van der Waals surface area contributed by atoms with Gasteiger partial charge in [0.25, 0.3) is 0 Å². The van der Waals surface area contributed by atoms with Crippen LogP contribution in [0.15, 0.2) is 35.8 Å². The Hall–Kier alpha value is -1.39. The van der Waals surface area contributed by atoms with E-state index in [1.807, 2.05) is 23.7 Å². The third kappa shape index (κ3) is 2.80. The maximum Gasteiger partial charge on any atom is 0.0929 e. The van der Waals surface area contributed by atoms with Gasteiger partial charge in [0.2, 0.25) is 0 Å². The van der Waals surface area contributed by atoms with E-state index in [9.17, 15) is 0 Å². The average molecular weight is 292 g/mol. The zero-order valence-corrected chi connectivity index (χ0v) is 12.0. The first kappa shape index (κ1) is 12.6. The highest BCUT2D eigenvalue weighted by atomic mass is 35.5. The molecule has 0 fully saturated rings. The Kier molecular flexibility index (Phi) is 3.80. The summed E-state index contributed by atoms with van der Waals surface area (Å²) in [5.74, 6) is 0.500. The Morgan fingerprint density at radius 1 is 1.26 bits per heavy atom. The molecular weight excluding hydrogens is 278 g/mol. The molecule has 2 heterocycles. The molecule has 0 saturated carbocycles. The molecule has 0 saturated heterocycles. The number of fused-ring (bicyclic) bond motifs is 1. The minimum Gasteiger partial charge on any atom is -0.265 e. The fourth-order valence-corrected chi connectivity index (χ4v) is 3.18. The van der Waals surface area contributed by atoms with Crippen LogP contribution in [0, 0.1) is 0 Å². The maximum absolute atomic E-state index is 5.75. The second-order valence-corrected chi connectivity index (χ2v) is 5.61. The van der Waals surface area contributed by atoms with Crippen LogP contribution in [-0.2, 0) is 18.8 Å². The zero-order valence-electron chi connectivity index (χ0n) is 10.4. The molecule has 3 nitrogen and oxygen atoms in total. The van der Waals surface area contributed by atoms with Crippen molar-refractivity contribution < 1.29 is 0 Å². The van der Waals surface area contributed by atoms with Gasteiger partial charge in [0.1, 0.15) is 0 Å². The first-order valence-corrected chi connectivity index (χ1v) is 7.68. The van der Waals surface area contributed by atoms with Gasteiger partial charge in [0, 0.05) is 23.7 Å². The summed E-state index contributed by atoms with van der Waals surface area (Å²) in [5.41, 5.74) is 2.18. The van der Waals surface area contributed by atoms with Gasteiger partial charge in [0.15, 0.2) is 0 Å². The van der Waals surface area contributed by atoms with Crippen molar-refractivity contribution in [1.82, 2.24) is 14.8 Å². The Morgan fingerprint density at radius 3 is 3.00 bits per heavy atom. The largest absolute Gasteiger partial charge is 0.265 e. The molecule has 0 unspecified atom stereocenters. The Labute approximate surface area is 120 Å². The molecule has 98 valence electrons. The molecule has 0 N–H and O–H groups in total. The average Bonchev–Trinajstić information content (AvgIpc) is 3.06. The van der Waals surface area contributed by atoms with Gasteiger partial charge in [0.05, 0.1) is 28.3 Å². The lowest BCUT2D eigenvalue weighted by Crippen LogP contribution is -2.01. The van der Waals surface area contributed by atoms with Crippen LogP contribution in [0.2, 0.25) is 0 Å². The minimum atomic E-state index is 0.500. The van der Waals surface area contributed by atoms with Crippen LogP contribution in [0.1, 0.15) is 17.1 Å². The first-order valence-electron chi connectivity index (χ1n) is 6.26. The Bertz CT molecular complexity index is 674. The fourth-order valence-electron chi connectivity index (χ4n) is 2.11. The molecule has 0 spiro atoms. The number of hydrogen-bond acceptors (Lipinski definition) is 3. The Morgan fingerprint density at radius 2 is 2.16 bits per heavy atom. The third-order valence-corrected chi connectivity index (χ3v) is 4.28. The van der Waals surface area contributed by atoms with E-state index in [-0.39, 0.29) is 0 Å². The lowest BCUT2D eigenvalue weighted by Gasteiger charge is -2.02. The van der Waals surface area contributed by atoms with Gasteiger partial charge in [-0.3, -0.25) is 4.68 Å². The van der Waals surface area contributed by atoms with Crippen molar-refractivity contribution in [1.29, 1.82) is 0 Å². The molecular formula is C14H14ClN3S. The number of halogens is 1. The van der Waals surface area contributed by atoms with Crippen LogP contribution in [0.3, 0.4) is 0 Å². The maximum atomic E-state index is 5.75. The van der Waals surface area contributed by atoms with Crippen molar-refractivity contribution in [3.63, 3.8) is 0 Å². The number of nitrogens with zero attached hydrogens (tertiary/aromatic N) is 3. The molecule has 0 radical (unpaired) electrons. The second-order valence-electron chi connectivity index (χ2n) is 4.40. The highest BCUT2D eigenvalue weighted by Crippen LogP contribution is 2.16. The number of hydrogen-bond donors (Lipinski definition) is 0. The highest BCUT2D eigenvalue weighted by molar-refractivity contribution is 7.09. The number of rotatable bonds is 5. The van der Waals surface area contributed by atoms with E-state index in [2.05, 4.69) is 26.9 Å². The van der Waals surface area contributed by atoms with Gasteiger partial charge in [-0.2, -0.15) is 5.10 Å². The van der Waals surface area contributed by atoms with Crippen LogP contribution >= 0.6 is 22.9 Å². The predicted molar refractivity (Wildman–Crippen MR) is 79.7 cm³/mol. The summed E-state index contributed by atoms with van der Waals surface area (Å²) in [6, 6.07) is 8.29. The van der Waals surface area contributed by atoms with Crippen molar-refractivity contribution in [3.05, 3.63) is 46.5 Å². The van der Waals surface area contributed by atoms with Crippen molar-refractivity contribution in [2.24, 2.45) is 0 Å². The van der Waals surface area contributed by atoms with E-state index in [0.29, 0.717) is 5.88 Å². The molecule has 5 heteroatoms. The topological polar surface area (TPSA) is 30.7 Å². The van der Waals surface area contributed by atoms with Gasteiger partial charge < -0.3 is 0 Å². The fraction of sp³-hybridized carbons (Fsp3) is 0.286. The van der Waals surface area contributed by atoms with Gasteiger partial charge in [-0.05, 0) is 12.5 Å². The molecule has 19 heavy (non-hydrogen) atoms. The van der Waals surface area contributed by atoms with Gasteiger partial charge >= 0.3 is 0 Å². The lowest BCUT2D eigenvalue weighted by molar-refractivity contribution is 0.595. The quantitative estimate of drug-likeness (QED) is 0.668. The number of alkyl halides is 1. The molecule has 1 aromatic carbocycles. The zero-order chi connectivity index (χ0) is 13.1. The van der Waals surface area contributed by atoms with Gasteiger partial charge in [-0.25, -0.2) is 4.98 Å². The summed E-state index contributed by atoms with van der Waals surface area (Å²) in [6.45, 7) is 0.920. The Balaban J connectivity index is 1.63. The summed E-state index contributed by atoms with van der Waals surface area (Å²) < 4.78 is 2.06. The number of para-hydroxylation sites is 1. The molecule has 0 aliphatic rings. The minimum absolute atomic E-state index is 0.500. The van der Waals surface area contributed by atoms with E-state index >= 15 is 0 Å². The third-order valence-electron chi connectivity index (χ3n) is 3.05. The molecule has 0 amide bonds. The number of aromatic nitrogens is 3. The molecule has 3 rings (SSSR count). The molecule has 3 aromatic rings. The predicted octanol–water partition coefficient (Wildman–Crippen LogP) is 3.86. The van der Waals surface area contributed by atoms with E-state index in [1.54, 1.807) is 11.3 Å². The second kappa shape index (κ2) is 5.72. The molecule has 0 aliphatic carbocycles. The van der Waals surface area contributed by atoms with Crippen molar-refractivity contribution in [3.8, 4) is 0 Å². The lowest BCUT2D eigenvalue weighted by atomic mass is 10.2. The normalized spacial score (nSPS) is 11.2. The first-order chi connectivity index (χ1) is 9.36. The van der Waals surface area contributed by atoms with Crippen molar-refractivity contribution in [2.45, 2.75) is 25.3 Å². The van der Waals surface area contributed by atoms with Gasteiger partial charge in [-0.15, -0.1) is 22.9 Å². The van der Waals surface area contributed by atoms with Crippen LogP contribution in [0.5, 0.6) is 0 Å². The summed E-state index contributed by atoms with van der Waals surface area (Å²) in [6.07, 6.45) is 3.95. The SMILES string of the molecule is ClCc1csc(CCCn2ncc3ccccc32)n1. The standard InChI is InChI=1S/C14H14ClN3S/c15-8-12-10-19-14(17-12)6-3-7-18-13-5-2-1-4-11(13)9-16-18/h1-2,4-5,9-10H,3,6-8H2. The van der Waals surface area contributed by atoms with E-state index < -0.39 is 0 Å². The number of aryl methyl sites for hydroxylation is 2.